The van der Waals surface area contributed by atoms with Gasteiger partial charge in [0.1, 0.15) is 18.9 Å². The number of methoxy groups -OCH3 is 1. The van der Waals surface area contributed by atoms with Crippen LogP contribution in [0.2, 0.25) is 0 Å². The van der Waals surface area contributed by atoms with Crippen molar-refractivity contribution in [3.05, 3.63) is 58.5 Å². The lowest BCUT2D eigenvalue weighted by molar-refractivity contribution is -0.145. The zero-order chi connectivity index (χ0) is 15.2. The molecule has 110 valence electrons. The van der Waals surface area contributed by atoms with Gasteiger partial charge in [0.15, 0.2) is 0 Å². The van der Waals surface area contributed by atoms with E-state index in [2.05, 4.69) is 0 Å². The smallest absolute Gasteiger partial charge is 0.326 e. The maximum atomic E-state index is 11.7. The molecule has 0 atom stereocenters. The first kappa shape index (κ1) is 14.6. The Balaban J connectivity index is 1.92. The molecule has 1 aromatic heterocycles. The predicted octanol–water partition coefficient (Wildman–Crippen LogP) is 1.18. The fourth-order valence-electron chi connectivity index (χ4n) is 1.74. The fourth-order valence-corrected chi connectivity index (χ4v) is 1.74. The summed E-state index contributed by atoms with van der Waals surface area (Å²) in [5, 5.41) is 0. The molecule has 2 N–H and O–H groups in total. The number of pyridine rings is 1. The van der Waals surface area contributed by atoms with Crippen LogP contribution in [0.1, 0.15) is 5.56 Å². The van der Waals surface area contributed by atoms with Crippen LogP contribution in [0.15, 0.2) is 47.4 Å². The summed E-state index contributed by atoms with van der Waals surface area (Å²) in [5.41, 5.74) is 6.52. The Morgan fingerprint density at radius 2 is 1.90 bits per heavy atom. The molecule has 6 heteroatoms. The van der Waals surface area contributed by atoms with Gasteiger partial charge in [0.05, 0.1) is 7.11 Å². The monoisotopic (exact) mass is 288 g/mol. The van der Waals surface area contributed by atoms with Crippen LogP contribution in [-0.2, 0) is 22.7 Å². The Kier molecular flexibility index (Phi) is 4.61. The first-order chi connectivity index (χ1) is 10.1. The van der Waals surface area contributed by atoms with Crippen LogP contribution in [0.25, 0.3) is 0 Å². The van der Waals surface area contributed by atoms with Gasteiger partial charge >= 0.3 is 5.97 Å². The number of esters is 1. The summed E-state index contributed by atoms with van der Waals surface area (Å²) in [5.74, 6) is 0.231. The summed E-state index contributed by atoms with van der Waals surface area (Å²) < 4.78 is 11.4. The molecule has 0 amide bonds. The number of benzene rings is 1. The number of ether oxygens (including phenoxy) is 2. The molecule has 0 aliphatic heterocycles. The number of nitrogen functional groups attached to an aromatic ring is 1. The molecule has 0 fully saturated rings. The Bertz CT molecular complexity index is 677. The number of nitrogens with two attached hydrogens (primary N) is 1. The number of hydrogen-bond acceptors (Lipinski definition) is 5. The summed E-state index contributed by atoms with van der Waals surface area (Å²) in [6.07, 6.45) is 1.41. The van der Waals surface area contributed by atoms with E-state index in [1.807, 2.05) is 0 Å². The quantitative estimate of drug-likeness (QED) is 0.835. The molecule has 0 saturated carbocycles. The Morgan fingerprint density at radius 1 is 1.19 bits per heavy atom. The zero-order valence-corrected chi connectivity index (χ0v) is 11.6. The van der Waals surface area contributed by atoms with Gasteiger partial charge < -0.3 is 19.8 Å². The van der Waals surface area contributed by atoms with Crippen molar-refractivity contribution in [1.82, 2.24) is 4.57 Å². The minimum absolute atomic E-state index is 0.139. The zero-order valence-electron chi connectivity index (χ0n) is 11.6. The number of hydrogen-bond donors (Lipinski definition) is 1. The number of nitrogens with zero attached hydrogens (tertiary/aromatic N) is 1. The van der Waals surface area contributed by atoms with Crippen LogP contribution < -0.4 is 16.0 Å². The third kappa shape index (κ3) is 4.10. The topological polar surface area (TPSA) is 83.6 Å². The van der Waals surface area contributed by atoms with Gasteiger partial charge in [0.25, 0.3) is 5.56 Å². The van der Waals surface area contributed by atoms with E-state index in [4.69, 9.17) is 15.2 Å². The predicted molar refractivity (Wildman–Crippen MR) is 77.9 cm³/mol. The van der Waals surface area contributed by atoms with E-state index in [1.54, 1.807) is 31.4 Å². The van der Waals surface area contributed by atoms with Gasteiger partial charge in [-0.1, -0.05) is 12.1 Å². The van der Waals surface area contributed by atoms with Crippen LogP contribution in [-0.4, -0.2) is 17.6 Å². The van der Waals surface area contributed by atoms with Crippen LogP contribution in [0, 0.1) is 0 Å². The number of carbonyl (C=O) groups is 1. The third-order valence-electron chi connectivity index (χ3n) is 2.86. The third-order valence-corrected chi connectivity index (χ3v) is 2.86. The molecule has 0 spiro atoms. The average molecular weight is 288 g/mol. The molecule has 0 unspecified atom stereocenters. The highest BCUT2D eigenvalue weighted by Gasteiger charge is 2.06. The van der Waals surface area contributed by atoms with Gasteiger partial charge in [0.2, 0.25) is 0 Å². The fraction of sp³-hybridized carbons (Fsp3) is 0.200. The van der Waals surface area contributed by atoms with Crippen LogP contribution in [0.5, 0.6) is 5.75 Å². The van der Waals surface area contributed by atoms with E-state index in [-0.39, 0.29) is 18.7 Å². The molecular weight excluding hydrogens is 272 g/mol. The lowest BCUT2D eigenvalue weighted by Crippen LogP contribution is -2.24. The molecule has 2 rings (SSSR count). The molecule has 21 heavy (non-hydrogen) atoms. The second kappa shape index (κ2) is 6.60. The molecule has 6 nitrogen and oxygen atoms in total. The van der Waals surface area contributed by atoms with Crippen LogP contribution in [0.3, 0.4) is 0 Å². The maximum Gasteiger partial charge on any atom is 0.326 e. The van der Waals surface area contributed by atoms with Crippen molar-refractivity contribution in [2.24, 2.45) is 0 Å². The minimum atomic E-state index is -0.501. The van der Waals surface area contributed by atoms with Gasteiger partial charge in [-0.25, -0.2) is 0 Å². The van der Waals surface area contributed by atoms with E-state index in [0.717, 1.165) is 11.3 Å². The number of rotatable bonds is 5. The second-order valence-corrected chi connectivity index (χ2v) is 4.44. The largest absolute Gasteiger partial charge is 0.497 e. The molecule has 0 aliphatic rings. The molecule has 0 aliphatic carbocycles. The minimum Gasteiger partial charge on any atom is -0.497 e. The standard InChI is InChI=1S/C15H16N2O4/c1-20-13-5-2-11(3-6-13)10-21-15(19)9-17-8-12(16)4-7-14(17)18/h2-8H,9-10,16H2,1H3. The van der Waals surface area contributed by atoms with Gasteiger partial charge in [-0.15, -0.1) is 0 Å². The van der Waals surface area contributed by atoms with E-state index in [0.29, 0.717) is 5.69 Å². The molecule has 0 bridgehead atoms. The highest BCUT2D eigenvalue weighted by molar-refractivity contribution is 5.69. The van der Waals surface area contributed by atoms with Crippen LogP contribution >= 0.6 is 0 Å². The van der Waals surface area contributed by atoms with Crippen molar-refractivity contribution in [1.29, 1.82) is 0 Å². The molecule has 1 aromatic carbocycles. The average Bonchev–Trinajstić information content (AvgIpc) is 2.49. The van der Waals surface area contributed by atoms with Gasteiger partial charge in [0, 0.05) is 18.0 Å². The summed E-state index contributed by atoms with van der Waals surface area (Å²) in [6, 6.07) is 9.97. The highest BCUT2D eigenvalue weighted by Crippen LogP contribution is 2.12. The normalized spacial score (nSPS) is 10.1. The van der Waals surface area contributed by atoms with Gasteiger partial charge in [-0.3, -0.25) is 9.59 Å². The van der Waals surface area contributed by atoms with Crippen LogP contribution in [0.4, 0.5) is 5.69 Å². The van der Waals surface area contributed by atoms with Crippen molar-refractivity contribution in [2.75, 3.05) is 12.8 Å². The molecular formula is C15H16N2O4. The number of aromatic nitrogens is 1. The first-order valence-corrected chi connectivity index (χ1v) is 6.33. The lowest BCUT2D eigenvalue weighted by Gasteiger charge is -2.08. The van der Waals surface area contributed by atoms with E-state index < -0.39 is 5.97 Å². The number of carbonyl (C=O) groups excluding carboxylic acids is 1. The Hall–Kier alpha value is -2.76. The summed E-state index contributed by atoms with van der Waals surface area (Å²) in [4.78, 5) is 23.3. The number of anilines is 1. The first-order valence-electron chi connectivity index (χ1n) is 6.33. The van der Waals surface area contributed by atoms with Crippen molar-refractivity contribution in [3.63, 3.8) is 0 Å². The molecule has 1 heterocycles. The second-order valence-electron chi connectivity index (χ2n) is 4.44. The summed E-state index contributed by atoms with van der Waals surface area (Å²) in [6.45, 7) is -0.0279. The molecule has 0 radical (unpaired) electrons. The SMILES string of the molecule is COc1ccc(COC(=O)Cn2cc(N)ccc2=O)cc1. The summed E-state index contributed by atoms with van der Waals surface area (Å²) >= 11 is 0. The van der Waals surface area contributed by atoms with E-state index in [9.17, 15) is 9.59 Å². The van der Waals surface area contributed by atoms with E-state index >= 15 is 0 Å². The highest BCUT2D eigenvalue weighted by atomic mass is 16.5. The maximum absolute atomic E-state index is 11.7. The molecule has 2 aromatic rings. The van der Waals surface area contributed by atoms with E-state index in [1.165, 1.54) is 22.9 Å². The van der Waals surface area contributed by atoms with Crippen molar-refractivity contribution < 1.29 is 14.3 Å². The van der Waals surface area contributed by atoms with Crippen molar-refractivity contribution in [2.45, 2.75) is 13.2 Å². The Labute approximate surface area is 121 Å². The Morgan fingerprint density at radius 3 is 2.57 bits per heavy atom. The van der Waals surface area contributed by atoms with Crippen molar-refractivity contribution in [3.8, 4) is 5.75 Å². The molecule has 0 saturated heterocycles. The van der Waals surface area contributed by atoms with Crippen molar-refractivity contribution >= 4 is 11.7 Å². The van der Waals surface area contributed by atoms with Gasteiger partial charge in [-0.05, 0) is 23.8 Å². The van der Waals surface area contributed by atoms with Gasteiger partial charge in [-0.2, -0.15) is 0 Å². The summed E-state index contributed by atoms with van der Waals surface area (Å²) in [7, 11) is 1.58. The lowest BCUT2D eigenvalue weighted by atomic mass is 10.2.